The molecule has 1 aromatic heterocycles. The number of alkyl halides is 3. The molecule has 2 aromatic carbocycles. The van der Waals surface area contributed by atoms with Gasteiger partial charge in [-0.1, -0.05) is 49.4 Å². The van der Waals surface area contributed by atoms with Crippen LogP contribution in [0.3, 0.4) is 0 Å². The summed E-state index contributed by atoms with van der Waals surface area (Å²) in [5, 5.41) is 0. The Kier molecular flexibility index (Phi) is 5.50. The Morgan fingerprint density at radius 3 is 2.41 bits per heavy atom. The molecule has 2 heterocycles. The van der Waals surface area contributed by atoms with Crippen molar-refractivity contribution >= 4 is 0 Å². The minimum atomic E-state index is -4.35. The van der Waals surface area contributed by atoms with Crippen LogP contribution < -0.4 is 0 Å². The van der Waals surface area contributed by atoms with E-state index in [1.165, 1.54) is 17.7 Å². The minimum absolute atomic E-state index is 0.0697. The maximum Gasteiger partial charge on any atom is 0.416 e. The van der Waals surface area contributed by atoms with E-state index in [1.54, 1.807) is 12.1 Å². The summed E-state index contributed by atoms with van der Waals surface area (Å²) in [4.78, 5) is 2.18. The van der Waals surface area contributed by atoms with E-state index in [4.69, 9.17) is 0 Å². The molecule has 0 bridgehead atoms. The summed E-state index contributed by atoms with van der Waals surface area (Å²) in [5.74, 6) is 0. The highest BCUT2D eigenvalue weighted by Crippen LogP contribution is 2.36. The van der Waals surface area contributed by atoms with Crippen LogP contribution in [0.5, 0.6) is 0 Å². The van der Waals surface area contributed by atoms with Crippen LogP contribution in [-0.4, -0.2) is 16.0 Å². The van der Waals surface area contributed by atoms with E-state index in [9.17, 15) is 13.2 Å². The van der Waals surface area contributed by atoms with Crippen molar-refractivity contribution in [3.8, 4) is 0 Å². The lowest BCUT2D eigenvalue weighted by Crippen LogP contribution is -2.30. The van der Waals surface area contributed by atoms with Crippen molar-refractivity contribution in [2.45, 2.75) is 45.1 Å². The number of benzene rings is 2. The second-order valence-corrected chi connectivity index (χ2v) is 7.60. The Morgan fingerprint density at radius 2 is 1.69 bits per heavy atom. The standard InChI is InChI=1S/C24H25F3N2/c1-2-18-10-12-19(13-11-18)23-22-9-5-14-28(22)15-6-16-29(23)17-20-7-3-4-8-21(20)24(25,26)27/h3-5,7-14,23H,2,6,15-17H2,1H3/t23-/m1/s1. The van der Waals surface area contributed by atoms with Gasteiger partial charge in [-0.2, -0.15) is 13.2 Å². The first-order valence-electron chi connectivity index (χ1n) is 10.1. The number of rotatable bonds is 4. The Hall–Kier alpha value is -2.53. The first-order valence-corrected chi connectivity index (χ1v) is 10.1. The maximum absolute atomic E-state index is 13.6. The van der Waals surface area contributed by atoms with E-state index < -0.39 is 11.7 Å². The SMILES string of the molecule is CCc1ccc([C@@H]2c3cccn3CCCN2Cc2ccccc2C(F)(F)F)cc1. The summed E-state index contributed by atoms with van der Waals surface area (Å²) in [6.45, 7) is 4.00. The molecule has 0 unspecified atom stereocenters. The zero-order valence-electron chi connectivity index (χ0n) is 16.5. The molecule has 0 radical (unpaired) electrons. The summed E-state index contributed by atoms with van der Waals surface area (Å²) < 4.78 is 42.9. The lowest BCUT2D eigenvalue weighted by molar-refractivity contribution is -0.138. The number of hydrogen-bond acceptors (Lipinski definition) is 1. The predicted molar refractivity (Wildman–Crippen MR) is 109 cm³/mol. The van der Waals surface area contributed by atoms with Crippen LogP contribution in [0.4, 0.5) is 13.2 Å². The molecule has 3 aromatic rings. The molecular weight excluding hydrogens is 373 g/mol. The van der Waals surface area contributed by atoms with Crippen LogP contribution in [0.15, 0.2) is 66.9 Å². The van der Waals surface area contributed by atoms with Crippen LogP contribution >= 0.6 is 0 Å². The maximum atomic E-state index is 13.6. The van der Waals surface area contributed by atoms with Gasteiger partial charge in [-0.3, -0.25) is 4.90 Å². The van der Waals surface area contributed by atoms with Gasteiger partial charge in [0, 0.05) is 31.5 Å². The molecule has 0 aliphatic carbocycles. The molecule has 1 aliphatic heterocycles. The van der Waals surface area contributed by atoms with Crippen LogP contribution in [-0.2, 0) is 25.7 Å². The van der Waals surface area contributed by atoms with Crippen molar-refractivity contribution < 1.29 is 13.2 Å². The van der Waals surface area contributed by atoms with E-state index in [-0.39, 0.29) is 12.6 Å². The summed E-state index contributed by atoms with van der Waals surface area (Å²) in [6.07, 6.45) is -0.416. The average Bonchev–Trinajstić information content (AvgIpc) is 3.09. The first kappa shape index (κ1) is 19.8. The van der Waals surface area contributed by atoms with Gasteiger partial charge in [-0.25, -0.2) is 0 Å². The highest BCUT2D eigenvalue weighted by molar-refractivity contribution is 5.34. The molecule has 0 fully saturated rings. The van der Waals surface area contributed by atoms with Crippen molar-refractivity contribution in [1.29, 1.82) is 0 Å². The van der Waals surface area contributed by atoms with Crippen LogP contribution in [0.2, 0.25) is 0 Å². The Balaban J connectivity index is 1.75. The molecule has 1 atom stereocenters. The Morgan fingerprint density at radius 1 is 0.931 bits per heavy atom. The van der Waals surface area contributed by atoms with Crippen molar-refractivity contribution in [1.82, 2.24) is 9.47 Å². The summed E-state index contributed by atoms with van der Waals surface area (Å²) in [6, 6.07) is 18.5. The monoisotopic (exact) mass is 398 g/mol. The van der Waals surface area contributed by atoms with Crippen LogP contribution in [0.25, 0.3) is 0 Å². The summed E-state index contributed by atoms with van der Waals surface area (Å²) in [5.41, 5.74) is 3.30. The van der Waals surface area contributed by atoms with Gasteiger partial charge in [0.2, 0.25) is 0 Å². The first-order chi connectivity index (χ1) is 14.0. The zero-order chi connectivity index (χ0) is 20.4. The van der Waals surface area contributed by atoms with Crippen molar-refractivity contribution in [2.75, 3.05) is 6.54 Å². The van der Waals surface area contributed by atoms with Gasteiger partial charge < -0.3 is 4.57 Å². The molecule has 152 valence electrons. The molecular formula is C24H25F3N2. The van der Waals surface area contributed by atoms with E-state index in [0.717, 1.165) is 37.2 Å². The minimum Gasteiger partial charge on any atom is -0.350 e. The molecule has 29 heavy (non-hydrogen) atoms. The van der Waals surface area contributed by atoms with Gasteiger partial charge in [0.15, 0.2) is 0 Å². The quantitative estimate of drug-likeness (QED) is 0.518. The predicted octanol–water partition coefficient (Wildman–Crippen LogP) is 6.06. The highest BCUT2D eigenvalue weighted by Gasteiger charge is 2.35. The lowest BCUT2D eigenvalue weighted by atomic mass is 9.98. The molecule has 2 nitrogen and oxygen atoms in total. The van der Waals surface area contributed by atoms with E-state index in [2.05, 4.69) is 52.9 Å². The van der Waals surface area contributed by atoms with Gasteiger partial charge in [0.05, 0.1) is 11.6 Å². The molecule has 0 N–H and O–H groups in total. The largest absolute Gasteiger partial charge is 0.416 e. The molecule has 0 amide bonds. The molecule has 0 saturated carbocycles. The third kappa shape index (κ3) is 4.10. The Labute approximate surface area is 169 Å². The number of nitrogens with zero attached hydrogens (tertiary/aromatic N) is 2. The zero-order valence-corrected chi connectivity index (χ0v) is 16.5. The molecule has 5 heteroatoms. The third-order valence-corrected chi connectivity index (χ3v) is 5.75. The van der Waals surface area contributed by atoms with Gasteiger partial charge in [0.25, 0.3) is 0 Å². The van der Waals surface area contributed by atoms with Crippen molar-refractivity contribution in [3.05, 3.63) is 94.8 Å². The van der Waals surface area contributed by atoms with Gasteiger partial charge >= 0.3 is 6.18 Å². The van der Waals surface area contributed by atoms with Gasteiger partial charge in [-0.15, -0.1) is 0 Å². The number of hydrogen-bond donors (Lipinski definition) is 0. The van der Waals surface area contributed by atoms with E-state index in [0.29, 0.717) is 5.56 Å². The number of halogens is 3. The molecule has 0 saturated heterocycles. The molecule has 0 spiro atoms. The fourth-order valence-electron chi connectivity index (χ4n) is 4.28. The summed E-state index contributed by atoms with van der Waals surface area (Å²) >= 11 is 0. The summed E-state index contributed by atoms with van der Waals surface area (Å²) in [7, 11) is 0. The van der Waals surface area contributed by atoms with Crippen LogP contribution in [0, 0.1) is 0 Å². The van der Waals surface area contributed by atoms with Gasteiger partial charge in [-0.05, 0) is 47.7 Å². The smallest absolute Gasteiger partial charge is 0.350 e. The van der Waals surface area contributed by atoms with Crippen molar-refractivity contribution in [2.24, 2.45) is 0 Å². The lowest BCUT2D eigenvalue weighted by Gasteiger charge is -2.31. The third-order valence-electron chi connectivity index (χ3n) is 5.75. The second-order valence-electron chi connectivity index (χ2n) is 7.60. The molecule has 4 rings (SSSR count). The number of aromatic nitrogens is 1. The Bertz CT molecular complexity index is 957. The number of fused-ring (bicyclic) bond motifs is 1. The van der Waals surface area contributed by atoms with Crippen molar-refractivity contribution in [3.63, 3.8) is 0 Å². The van der Waals surface area contributed by atoms with Crippen LogP contribution in [0.1, 0.15) is 47.3 Å². The number of aryl methyl sites for hydroxylation is 2. The topological polar surface area (TPSA) is 8.17 Å². The average molecular weight is 398 g/mol. The highest BCUT2D eigenvalue weighted by atomic mass is 19.4. The van der Waals surface area contributed by atoms with E-state index in [1.807, 2.05) is 6.07 Å². The normalized spacial score (nSPS) is 17.7. The molecule has 1 aliphatic rings. The van der Waals surface area contributed by atoms with E-state index >= 15 is 0 Å². The fourth-order valence-corrected chi connectivity index (χ4v) is 4.28. The second kappa shape index (κ2) is 8.07. The van der Waals surface area contributed by atoms with Gasteiger partial charge in [0.1, 0.15) is 0 Å². The fraction of sp³-hybridized carbons (Fsp3) is 0.333.